The van der Waals surface area contributed by atoms with Gasteiger partial charge in [0.15, 0.2) is 5.43 Å². The van der Waals surface area contributed by atoms with E-state index in [1.54, 1.807) is 0 Å². The Bertz CT molecular complexity index is 1040. The Morgan fingerprint density at radius 2 is 2.14 bits per heavy atom. The molecule has 1 N–H and O–H groups in total. The summed E-state index contributed by atoms with van der Waals surface area (Å²) in [5.41, 5.74) is 4.08. The monoisotopic (exact) mass is 440 g/mol. The molecule has 1 aliphatic rings. The summed E-state index contributed by atoms with van der Waals surface area (Å²) in [6, 6.07) is 10.4. The van der Waals surface area contributed by atoms with Crippen LogP contribution in [0.25, 0.3) is 10.9 Å². The maximum absolute atomic E-state index is 12.9. The van der Waals surface area contributed by atoms with Crippen LogP contribution >= 0.6 is 15.9 Å². The van der Waals surface area contributed by atoms with Crippen molar-refractivity contribution in [1.82, 2.24) is 14.9 Å². The number of pyridine rings is 2. The topological polar surface area (TPSA) is 50.2 Å². The fourth-order valence-electron chi connectivity index (χ4n) is 3.93. The van der Waals surface area contributed by atoms with E-state index in [9.17, 15) is 4.79 Å². The van der Waals surface area contributed by atoms with Gasteiger partial charge in [-0.15, -0.1) is 0 Å². The molecule has 1 saturated heterocycles. The first-order chi connectivity index (χ1) is 13.5. The highest BCUT2D eigenvalue weighted by molar-refractivity contribution is 9.10. The van der Waals surface area contributed by atoms with Gasteiger partial charge in [-0.25, -0.2) is 0 Å². The Morgan fingerprint density at radius 3 is 2.93 bits per heavy atom. The number of halogens is 1. The summed E-state index contributed by atoms with van der Waals surface area (Å²) in [6.07, 6.45) is 6.16. The second-order valence-corrected chi connectivity index (χ2v) is 8.50. The molecular formula is C22H25BrN4O. The molecule has 146 valence electrons. The molecular weight excluding hydrogens is 416 g/mol. The lowest BCUT2D eigenvalue weighted by Gasteiger charge is -2.34. The Hall–Kier alpha value is -2.18. The van der Waals surface area contributed by atoms with Crippen LogP contribution < -0.4 is 15.6 Å². The van der Waals surface area contributed by atoms with E-state index in [2.05, 4.69) is 43.3 Å². The van der Waals surface area contributed by atoms with E-state index in [1.165, 1.54) is 5.69 Å². The summed E-state index contributed by atoms with van der Waals surface area (Å²) in [4.78, 5) is 19.7. The molecule has 0 amide bonds. The van der Waals surface area contributed by atoms with E-state index >= 15 is 0 Å². The average Bonchev–Trinajstić information content (AvgIpc) is 2.70. The van der Waals surface area contributed by atoms with Crippen molar-refractivity contribution in [2.24, 2.45) is 7.05 Å². The number of fused-ring (bicyclic) bond motifs is 1. The Labute approximate surface area is 173 Å². The minimum absolute atomic E-state index is 0.114. The molecule has 1 aliphatic heterocycles. The van der Waals surface area contributed by atoms with E-state index in [0.29, 0.717) is 12.6 Å². The van der Waals surface area contributed by atoms with Crippen LogP contribution in [0.2, 0.25) is 0 Å². The first-order valence-electron chi connectivity index (χ1n) is 9.70. The molecule has 0 aliphatic carbocycles. The van der Waals surface area contributed by atoms with Crippen molar-refractivity contribution in [3.63, 3.8) is 0 Å². The molecule has 28 heavy (non-hydrogen) atoms. The van der Waals surface area contributed by atoms with Crippen molar-refractivity contribution in [2.75, 3.05) is 18.0 Å². The number of benzene rings is 1. The fraction of sp³-hybridized carbons (Fsp3) is 0.364. The SMILES string of the molecule is Cc1ccc(N2CCC[C@H](NCc3cn(C)c4cc(Br)ccc4c3=O)C2)cn1. The molecule has 0 unspecified atom stereocenters. The molecule has 5 nitrogen and oxygen atoms in total. The van der Waals surface area contributed by atoms with Crippen LogP contribution in [0.15, 0.2) is 52.0 Å². The van der Waals surface area contributed by atoms with Crippen LogP contribution in [-0.4, -0.2) is 28.7 Å². The number of piperidine rings is 1. The minimum Gasteiger partial charge on any atom is -0.369 e. The zero-order valence-corrected chi connectivity index (χ0v) is 17.9. The minimum atomic E-state index is 0.114. The number of aryl methyl sites for hydroxylation is 2. The summed E-state index contributed by atoms with van der Waals surface area (Å²) in [6.45, 7) is 4.58. The molecule has 0 bridgehead atoms. The van der Waals surface area contributed by atoms with Gasteiger partial charge in [0.05, 0.1) is 17.4 Å². The standard InChI is InChI=1S/C22H25BrN4O/c1-15-5-7-19(12-24-15)27-9-3-4-18(14-27)25-11-16-13-26(2)21-10-17(23)6-8-20(21)22(16)28/h5-8,10,12-13,18,25H,3-4,9,11,14H2,1-2H3/t18-/m0/s1. The maximum Gasteiger partial charge on any atom is 0.193 e. The Kier molecular flexibility index (Phi) is 5.51. The smallest absolute Gasteiger partial charge is 0.193 e. The third-order valence-electron chi connectivity index (χ3n) is 5.49. The van der Waals surface area contributed by atoms with Gasteiger partial charge < -0.3 is 14.8 Å². The van der Waals surface area contributed by atoms with Crippen LogP contribution in [0.4, 0.5) is 5.69 Å². The first kappa shape index (κ1) is 19.2. The third-order valence-corrected chi connectivity index (χ3v) is 5.98. The van der Waals surface area contributed by atoms with Crippen molar-refractivity contribution in [1.29, 1.82) is 0 Å². The van der Waals surface area contributed by atoms with Crippen LogP contribution in [0.5, 0.6) is 0 Å². The molecule has 1 aromatic carbocycles. The van der Waals surface area contributed by atoms with E-state index in [-0.39, 0.29) is 5.43 Å². The van der Waals surface area contributed by atoms with Gasteiger partial charge in [-0.1, -0.05) is 15.9 Å². The van der Waals surface area contributed by atoms with Crippen LogP contribution in [0.1, 0.15) is 24.1 Å². The Morgan fingerprint density at radius 1 is 1.29 bits per heavy atom. The van der Waals surface area contributed by atoms with Crippen molar-refractivity contribution in [3.05, 3.63) is 68.7 Å². The molecule has 2 aromatic heterocycles. The van der Waals surface area contributed by atoms with E-state index < -0.39 is 0 Å². The number of hydrogen-bond donors (Lipinski definition) is 1. The number of aromatic nitrogens is 2. The van der Waals surface area contributed by atoms with Gasteiger partial charge in [0, 0.05) is 60.0 Å². The summed E-state index contributed by atoms with van der Waals surface area (Å²) in [7, 11) is 1.99. The van der Waals surface area contributed by atoms with Gasteiger partial charge in [-0.3, -0.25) is 9.78 Å². The van der Waals surface area contributed by atoms with Crippen LogP contribution in [-0.2, 0) is 13.6 Å². The predicted octanol–water partition coefficient (Wildman–Crippen LogP) is 3.76. The summed E-state index contributed by atoms with van der Waals surface area (Å²) >= 11 is 3.48. The molecule has 0 spiro atoms. The van der Waals surface area contributed by atoms with Crippen molar-refractivity contribution in [2.45, 2.75) is 32.4 Å². The predicted molar refractivity (Wildman–Crippen MR) is 118 cm³/mol. The van der Waals surface area contributed by atoms with Crippen molar-refractivity contribution in [3.8, 4) is 0 Å². The highest BCUT2D eigenvalue weighted by atomic mass is 79.9. The van der Waals surface area contributed by atoms with Crippen LogP contribution in [0.3, 0.4) is 0 Å². The molecule has 4 rings (SSSR count). The fourth-order valence-corrected chi connectivity index (χ4v) is 4.28. The van der Waals surface area contributed by atoms with Gasteiger partial charge in [0.2, 0.25) is 0 Å². The molecule has 0 saturated carbocycles. The molecule has 3 heterocycles. The number of hydrogen-bond acceptors (Lipinski definition) is 4. The zero-order chi connectivity index (χ0) is 19.7. The zero-order valence-electron chi connectivity index (χ0n) is 16.3. The lowest BCUT2D eigenvalue weighted by atomic mass is 10.0. The average molecular weight is 441 g/mol. The number of nitrogens with zero attached hydrogens (tertiary/aromatic N) is 3. The number of anilines is 1. The lowest BCUT2D eigenvalue weighted by Crippen LogP contribution is -2.46. The number of nitrogens with one attached hydrogen (secondary N) is 1. The van der Waals surface area contributed by atoms with E-state index in [1.807, 2.05) is 49.1 Å². The molecule has 3 aromatic rings. The van der Waals surface area contributed by atoms with Crippen molar-refractivity contribution >= 4 is 32.5 Å². The lowest BCUT2D eigenvalue weighted by molar-refractivity contribution is 0.420. The maximum atomic E-state index is 12.9. The second kappa shape index (κ2) is 8.05. The normalized spacial score (nSPS) is 17.2. The summed E-state index contributed by atoms with van der Waals surface area (Å²) < 4.78 is 3.01. The third kappa shape index (κ3) is 3.98. The van der Waals surface area contributed by atoms with Gasteiger partial charge in [-0.2, -0.15) is 0 Å². The van der Waals surface area contributed by atoms with Crippen LogP contribution in [0, 0.1) is 6.92 Å². The molecule has 0 radical (unpaired) electrons. The number of rotatable bonds is 4. The molecule has 1 atom stereocenters. The largest absolute Gasteiger partial charge is 0.369 e. The van der Waals surface area contributed by atoms with Gasteiger partial charge >= 0.3 is 0 Å². The summed E-state index contributed by atoms with van der Waals surface area (Å²) in [5.74, 6) is 0. The molecule has 6 heteroatoms. The molecule has 1 fully saturated rings. The van der Waals surface area contributed by atoms with Gasteiger partial charge in [0.1, 0.15) is 0 Å². The highest BCUT2D eigenvalue weighted by Gasteiger charge is 2.20. The quantitative estimate of drug-likeness (QED) is 0.670. The van der Waals surface area contributed by atoms with E-state index in [4.69, 9.17) is 0 Å². The van der Waals surface area contributed by atoms with E-state index in [0.717, 1.165) is 52.6 Å². The summed E-state index contributed by atoms with van der Waals surface area (Å²) in [5, 5.41) is 4.37. The Balaban J connectivity index is 1.48. The second-order valence-electron chi connectivity index (χ2n) is 7.58. The highest BCUT2D eigenvalue weighted by Crippen LogP contribution is 2.20. The van der Waals surface area contributed by atoms with Gasteiger partial charge in [0.25, 0.3) is 0 Å². The first-order valence-corrected chi connectivity index (χ1v) is 10.5. The van der Waals surface area contributed by atoms with Gasteiger partial charge in [-0.05, 0) is 50.1 Å². The van der Waals surface area contributed by atoms with Crippen molar-refractivity contribution < 1.29 is 0 Å².